The van der Waals surface area contributed by atoms with Gasteiger partial charge in [-0.05, 0) is 24.3 Å². The summed E-state index contributed by atoms with van der Waals surface area (Å²) in [5.41, 5.74) is 15.2. The number of hydrogen-bond donors (Lipinski definition) is 3. The lowest BCUT2D eigenvalue weighted by atomic mass is 10.3. The van der Waals surface area contributed by atoms with E-state index in [0.717, 1.165) is 0 Å². The Morgan fingerprint density at radius 2 is 1.77 bits per heavy atom. The second-order valence-electron chi connectivity index (χ2n) is 4.73. The van der Waals surface area contributed by atoms with Crippen molar-refractivity contribution in [2.45, 2.75) is 6.18 Å². The Morgan fingerprint density at radius 3 is 2.31 bits per heavy atom. The van der Waals surface area contributed by atoms with Crippen LogP contribution < -0.4 is 21.9 Å². The summed E-state index contributed by atoms with van der Waals surface area (Å²) in [6.07, 6.45) is -3.97. The second-order valence-corrected chi connectivity index (χ2v) is 5.55. The van der Waals surface area contributed by atoms with Gasteiger partial charge in [0, 0.05) is 6.20 Å². The van der Waals surface area contributed by atoms with Gasteiger partial charge >= 0.3 is 6.18 Å². The molecule has 0 unspecified atom stereocenters. The number of nitrogens with zero attached hydrogens (tertiary/aromatic N) is 3. The Kier molecular flexibility index (Phi) is 5.78. The van der Waals surface area contributed by atoms with Crippen LogP contribution in [0.4, 0.5) is 18.9 Å². The van der Waals surface area contributed by atoms with Crippen LogP contribution in [0.1, 0.15) is 5.56 Å². The van der Waals surface area contributed by atoms with Crippen molar-refractivity contribution >= 4 is 40.8 Å². The molecule has 7 nitrogen and oxygen atoms in total. The van der Waals surface area contributed by atoms with Gasteiger partial charge in [0.05, 0.1) is 16.3 Å². The maximum atomic E-state index is 12.6. The summed E-state index contributed by atoms with van der Waals surface area (Å²) in [5.74, 6) is -0.597. The third-order valence-corrected chi connectivity index (χ3v) is 3.31. The van der Waals surface area contributed by atoms with Crippen molar-refractivity contribution in [1.82, 2.24) is 4.98 Å². The van der Waals surface area contributed by atoms with Gasteiger partial charge in [-0.3, -0.25) is 0 Å². The lowest BCUT2D eigenvalue weighted by Crippen LogP contribution is -2.26. The highest BCUT2D eigenvalue weighted by molar-refractivity contribution is 6.33. The van der Waals surface area contributed by atoms with Crippen molar-refractivity contribution < 1.29 is 17.9 Å². The molecule has 1 aromatic carbocycles. The molecule has 2 rings (SSSR count). The lowest BCUT2D eigenvalue weighted by Gasteiger charge is -2.11. The van der Waals surface area contributed by atoms with Crippen molar-refractivity contribution in [2.24, 2.45) is 27.2 Å². The number of nitrogens with two attached hydrogens (primary N) is 3. The van der Waals surface area contributed by atoms with Crippen molar-refractivity contribution in [1.29, 1.82) is 0 Å². The first-order valence-corrected chi connectivity index (χ1v) is 7.46. The van der Waals surface area contributed by atoms with E-state index in [-0.39, 0.29) is 33.6 Å². The second kappa shape index (κ2) is 7.67. The Balaban J connectivity index is 2.25. The van der Waals surface area contributed by atoms with E-state index in [2.05, 4.69) is 15.0 Å². The van der Waals surface area contributed by atoms with Crippen LogP contribution in [0.25, 0.3) is 0 Å². The molecule has 0 fully saturated rings. The quantitative estimate of drug-likeness (QED) is 0.531. The van der Waals surface area contributed by atoms with Crippen LogP contribution in [0.2, 0.25) is 10.0 Å². The average molecular weight is 407 g/mol. The van der Waals surface area contributed by atoms with Crippen LogP contribution in [0.15, 0.2) is 40.4 Å². The summed E-state index contributed by atoms with van der Waals surface area (Å²) < 4.78 is 43.2. The highest BCUT2D eigenvalue weighted by Crippen LogP contribution is 2.37. The van der Waals surface area contributed by atoms with Gasteiger partial charge in [0.25, 0.3) is 0 Å². The van der Waals surface area contributed by atoms with Crippen molar-refractivity contribution in [3.05, 3.63) is 46.1 Å². The molecule has 138 valence electrons. The molecule has 0 atom stereocenters. The highest BCUT2D eigenvalue weighted by Gasteiger charge is 2.31. The number of halogens is 5. The molecular formula is C14H11Cl2F3N6O. The fraction of sp³-hybridized carbons (Fsp3) is 0.0714. The van der Waals surface area contributed by atoms with E-state index in [9.17, 15) is 13.2 Å². The molecule has 0 spiro atoms. The highest BCUT2D eigenvalue weighted by atomic mass is 35.5. The molecule has 1 heterocycles. The standard InChI is InChI=1S/C14H11Cl2F3N6O/c15-8-4-7(24-13(22)25-12(20)21)1-2-10(8)26-11-9(16)3-6(5-23-11)14(17,18)19/h1-5H,(H6,20,21,22,24,25). The molecule has 6 N–H and O–H groups in total. The molecule has 0 radical (unpaired) electrons. The molecule has 0 aliphatic rings. The predicted molar refractivity (Wildman–Crippen MR) is 92.9 cm³/mol. The lowest BCUT2D eigenvalue weighted by molar-refractivity contribution is -0.137. The molecule has 12 heteroatoms. The molecule has 26 heavy (non-hydrogen) atoms. The number of alkyl halides is 3. The minimum absolute atomic E-state index is 0.0847. The number of ether oxygens (including phenoxy) is 1. The monoisotopic (exact) mass is 406 g/mol. The molecule has 0 aliphatic heterocycles. The van der Waals surface area contributed by atoms with Crippen LogP contribution in [-0.4, -0.2) is 16.9 Å². The van der Waals surface area contributed by atoms with Crippen LogP contribution in [0, 0.1) is 0 Å². The molecule has 0 bridgehead atoms. The fourth-order valence-electron chi connectivity index (χ4n) is 1.69. The summed E-state index contributed by atoms with van der Waals surface area (Å²) in [7, 11) is 0. The summed E-state index contributed by atoms with van der Waals surface area (Å²) in [6, 6.07) is 4.95. The molecule has 0 aliphatic carbocycles. The molecule has 0 amide bonds. The zero-order chi connectivity index (χ0) is 19.5. The van der Waals surface area contributed by atoms with Crippen LogP contribution in [-0.2, 0) is 6.18 Å². The topological polar surface area (TPSA) is 125 Å². The maximum absolute atomic E-state index is 12.6. The zero-order valence-corrected chi connectivity index (χ0v) is 14.3. The summed E-state index contributed by atoms with van der Waals surface area (Å²) in [5, 5.41) is -0.239. The zero-order valence-electron chi connectivity index (χ0n) is 12.8. The van der Waals surface area contributed by atoms with E-state index in [0.29, 0.717) is 18.0 Å². The van der Waals surface area contributed by atoms with E-state index in [4.69, 9.17) is 45.1 Å². The van der Waals surface area contributed by atoms with Gasteiger partial charge in [0.15, 0.2) is 5.96 Å². The normalized spacial score (nSPS) is 12.0. The Hall–Kier alpha value is -2.72. The van der Waals surface area contributed by atoms with Crippen molar-refractivity contribution in [2.75, 3.05) is 0 Å². The van der Waals surface area contributed by atoms with Crippen molar-refractivity contribution in [3.63, 3.8) is 0 Å². The number of rotatable bonds is 3. The molecule has 0 saturated heterocycles. The van der Waals surface area contributed by atoms with E-state index >= 15 is 0 Å². The van der Waals surface area contributed by atoms with Gasteiger partial charge in [-0.25, -0.2) is 9.98 Å². The van der Waals surface area contributed by atoms with Gasteiger partial charge in [-0.15, -0.1) is 0 Å². The van der Waals surface area contributed by atoms with E-state index < -0.39 is 11.7 Å². The van der Waals surface area contributed by atoms with Crippen molar-refractivity contribution in [3.8, 4) is 11.6 Å². The minimum Gasteiger partial charge on any atom is -0.436 e. The average Bonchev–Trinajstić information content (AvgIpc) is 2.49. The number of aliphatic imine (C=N–C) groups is 2. The predicted octanol–water partition coefficient (Wildman–Crippen LogP) is 3.42. The smallest absolute Gasteiger partial charge is 0.417 e. The first-order valence-electron chi connectivity index (χ1n) is 6.70. The van der Waals surface area contributed by atoms with Gasteiger partial charge < -0.3 is 21.9 Å². The molecule has 1 aromatic heterocycles. The Bertz CT molecular complexity index is 881. The maximum Gasteiger partial charge on any atom is 0.417 e. The van der Waals surface area contributed by atoms with Gasteiger partial charge in [-0.1, -0.05) is 23.2 Å². The molecule has 2 aromatic rings. The number of pyridine rings is 1. The van der Waals surface area contributed by atoms with Gasteiger partial charge in [0.1, 0.15) is 10.8 Å². The Morgan fingerprint density at radius 1 is 1.08 bits per heavy atom. The third-order valence-electron chi connectivity index (χ3n) is 2.74. The number of hydrogen-bond acceptors (Lipinski definition) is 3. The largest absolute Gasteiger partial charge is 0.436 e. The van der Waals surface area contributed by atoms with Crippen LogP contribution >= 0.6 is 23.2 Å². The Labute approximate surface area is 155 Å². The minimum atomic E-state index is -4.57. The van der Waals surface area contributed by atoms with Crippen LogP contribution in [0.3, 0.4) is 0 Å². The number of guanidine groups is 2. The van der Waals surface area contributed by atoms with Crippen LogP contribution in [0.5, 0.6) is 11.6 Å². The fourth-order valence-corrected chi connectivity index (χ4v) is 2.11. The van der Waals surface area contributed by atoms with Gasteiger partial charge in [-0.2, -0.15) is 18.2 Å². The molecular weight excluding hydrogens is 396 g/mol. The summed E-state index contributed by atoms with van der Waals surface area (Å²) in [4.78, 5) is 11.0. The van der Waals surface area contributed by atoms with Gasteiger partial charge in [0.2, 0.25) is 11.8 Å². The summed E-state index contributed by atoms with van der Waals surface area (Å²) in [6.45, 7) is 0. The summed E-state index contributed by atoms with van der Waals surface area (Å²) >= 11 is 11.8. The van der Waals surface area contributed by atoms with E-state index in [1.54, 1.807) is 0 Å². The first-order chi connectivity index (χ1) is 12.1. The number of benzene rings is 1. The van der Waals surface area contributed by atoms with E-state index in [1.807, 2.05) is 0 Å². The third kappa shape index (κ3) is 5.14. The first kappa shape index (κ1) is 19.6. The number of aromatic nitrogens is 1. The molecule has 0 saturated carbocycles. The van der Waals surface area contributed by atoms with E-state index in [1.165, 1.54) is 18.2 Å². The SMILES string of the molecule is NC(N)=NC(N)=Nc1ccc(Oc2ncc(C(F)(F)F)cc2Cl)c(Cl)c1.